The molecule has 0 fully saturated rings. The van der Waals surface area contributed by atoms with E-state index in [1.54, 1.807) is 24.3 Å². The van der Waals surface area contributed by atoms with Gasteiger partial charge in [-0.1, -0.05) is 30.3 Å². The smallest absolute Gasteiger partial charge is 0.244 e. The molecule has 0 saturated heterocycles. The number of benzene rings is 2. The van der Waals surface area contributed by atoms with E-state index in [-0.39, 0.29) is 23.6 Å². The Balaban J connectivity index is 2.05. The van der Waals surface area contributed by atoms with Crippen LogP contribution in [0.25, 0.3) is 0 Å². The maximum atomic E-state index is 12.5. The van der Waals surface area contributed by atoms with E-state index in [0.717, 1.165) is 0 Å². The highest BCUT2D eigenvalue weighted by atomic mass is 32.2. The Kier molecular flexibility index (Phi) is 5.15. The topological polar surface area (TPSA) is 70.4 Å². The van der Waals surface area contributed by atoms with E-state index < -0.39 is 10.0 Å². The number of nitriles is 1. The normalized spacial score (nSPS) is 11.1. The molecule has 2 aromatic carbocycles. The first-order chi connectivity index (χ1) is 10.6. The van der Waals surface area contributed by atoms with Crippen LogP contribution in [-0.4, -0.2) is 32.9 Å². The van der Waals surface area contributed by atoms with Crippen LogP contribution in [0.3, 0.4) is 0 Å². The van der Waals surface area contributed by atoms with Gasteiger partial charge in [-0.25, -0.2) is 8.42 Å². The van der Waals surface area contributed by atoms with E-state index in [4.69, 9.17) is 10.00 Å². The molecule has 114 valence electrons. The van der Waals surface area contributed by atoms with Gasteiger partial charge in [0.15, 0.2) is 0 Å². The number of rotatable bonds is 6. The summed E-state index contributed by atoms with van der Waals surface area (Å²) in [5, 5.41) is 9.03. The maximum absolute atomic E-state index is 12.5. The second-order valence-corrected chi connectivity index (χ2v) is 6.61. The van der Waals surface area contributed by atoms with Crippen LogP contribution in [0, 0.1) is 11.3 Å². The largest absolute Gasteiger partial charge is 0.492 e. The third kappa shape index (κ3) is 3.64. The summed E-state index contributed by atoms with van der Waals surface area (Å²) in [6.07, 6.45) is 0. The zero-order chi connectivity index (χ0) is 16.0. The predicted octanol–water partition coefficient (Wildman–Crippen LogP) is 2.26. The minimum Gasteiger partial charge on any atom is -0.492 e. The van der Waals surface area contributed by atoms with Crippen molar-refractivity contribution in [2.75, 3.05) is 20.2 Å². The van der Waals surface area contributed by atoms with Gasteiger partial charge in [0.25, 0.3) is 0 Å². The first-order valence-electron chi connectivity index (χ1n) is 6.69. The molecular formula is C16H16N2O3S. The van der Waals surface area contributed by atoms with E-state index >= 15 is 0 Å². The number of nitrogens with zero attached hydrogens (tertiary/aromatic N) is 2. The van der Waals surface area contributed by atoms with E-state index in [9.17, 15) is 8.42 Å². The molecule has 0 saturated carbocycles. The molecular weight excluding hydrogens is 300 g/mol. The van der Waals surface area contributed by atoms with Gasteiger partial charge in [0.2, 0.25) is 10.0 Å². The maximum Gasteiger partial charge on any atom is 0.244 e. The fourth-order valence-corrected chi connectivity index (χ4v) is 3.17. The van der Waals surface area contributed by atoms with Gasteiger partial charge in [0, 0.05) is 13.6 Å². The second-order valence-electron chi connectivity index (χ2n) is 4.60. The van der Waals surface area contributed by atoms with Gasteiger partial charge >= 0.3 is 0 Å². The van der Waals surface area contributed by atoms with Gasteiger partial charge in [-0.15, -0.1) is 0 Å². The molecule has 0 heterocycles. The first kappa shape index (κ1) is 16.0. The molecule has 2 rings (SSSR count). The lowest BCUT2D eigenvalue weighted by Crippen LogP contribution is -2.31. The van der Waals surface area contributed by atoms with Crippen molar-refractivity contribution in [1.29, 1.82) is 5.26 Å². The number of para-hydroxylation sites is 1. The summed E-state index contributed by atoms with van der Waals surface area (Å²) in [6, 6.07) is 17.2. The highest BCUT2D eigenvalue weighted by Crippen LogP contribution is 2.18. The Labute approximate surface area is 130 Å². The van der Waals surface area contributed by atoms with E-state index in [0.29, 0.717) is 5.75 Å². The van der Waals surface area contributed by atoms with Crippen LogP contribution in [0.5, 0.6) is 5.75 Å². The summed E-state index contributed by atoms with van der Waals surface area (Å²) in [4.78, 5) is 0.0136. The fourth-order valence-electron chi connectivity index (χ4n) is 1.88. The van der Waals surface area contributed by atoms with Crippen molar-refractivity contribution in [3.05, 3.63) is 60.2 Å². The number of hydrogen-bond acceptors (Lipinski definition) is 4. The molecule has 0 N–H and O–H groups in total. The Hall–Kier alpha value is -2.36. The summed E-state index contributed by atoms with van der Waals surface area (Å²) in [6.45, 7) is 0.422. The van der Waals surface area contributed by atoms with Crippen molar-refractivity contribution in [1.82, 2.24) is 4.31 Å². The highest BCUT2D eigenvalue weighted by molar-refractivity contribution is 7.89. The molecule has 0 amide bonds. The van der Waals surface area contributed by atoms with Gasteiger partial charge in [-0.05, 0) is 24.3 Å². The van der Waals surface area contributed by atoms with Gasteiger partial charge in [0.1, 0.15) is 18.4 Å². The van der Waals surface area contributed by atoms with Crippen molar-refractivity contribution in [2.45, 2.75) is 4.90 Å². The average Bonchev–Trinajstić information content (AvgIpc) is 2.55. The van der Waals surface area contributed by atoms with E-state index in [2.05, 4.69) is 0 Å². The van der Waals surface area contributed by atoms with Crippen molar-refractivity contribution < 1.29 is 13.2 Å². The molecule has 6 heteroatoms. The summed E-state index contributed by atoms with van der Waals surface area (Å²) in [5.74, 6) is 0.686. The average molecular weight is 316 g/mol. The van der Waals surface area contributed by atoms with Crippen LogP contribution in [0.4, 0.5) is 0 Å². The van der Waals surface area contributed by atoms with Crippen LogP contribution < -0.4 is 4.74 Å². The Morgan fingerprint density at radius 1 is 1.09 bits per heavy atom. The Morgan fingerprint density at radius 2 is 1.73 bits per heavy atom. The second kappa shape index (κ2) is 7.07. The summed E-state index contributed by atoms with van der Waals surface area (Å²) in [7, 11) is -2.24. The van der Waals surface area contributed by atoms with Crippen molar-refractivity contribution >= 4 is 10.0 Å². The van der Waals surface area contributed by atoms with Crippen LogP contribution in [0.15, 0.2) is 59.5 Å². The lowest BCUT2D eigenvalue weighted by Gasteiger charge is -2.18. The third-order valence-corrected chi connectivity index (χ3v) is 5.03. The van der Waals surface area contributed by atoms with Crippen LogP contribution >= 0.6 is 0 Å². The number of likely N-dealkylation sites (N-methyl/N-ethyl adjacent to an activating group) is 1. The van der Waals surface area contributed by atoms with Crippen molar-refractivity contribution in [3.63, 3.8) is 0 Å². The minimum absolute atomic E-state index is 0.0136. The van der Waals surface area contributed by atoms with Gasteiger partial charge in [0.05, 0.1) is 10.5 Å². The fraction of sp³-hybridized carbons (Fsp3) is 0.188. The van der Waals surface area contributed by atoms with Gasteiger partial charge in [-0.3, -0.25) is 0 Å². The number of hydrogen-bond donors (Lipinski definition) is 0. The van der Waals surface area contributed by atoms with Gasteiger partial charge in [-0.2, -0.15) is 9.57 Å². The van der Waals surface area contributed by atoms with Crippen molar-refractivity contribution in [3.8, 4) is 11.8 Å². The molecule has 0 aliphatic heterocycles. The minimum atomic E-state index is -3.71. The van der Waals surface area contributed by atoms with Crippen LogP contribution in [0.1, 0.15) is 5.56 Å². The molecule has 0 aliphatic rings. The quantitative estimate of drug-likeness (QED) is 0.819. The lowest BCUT2D eigenvalue weighted by molar-refractivity contribution is 0.287. The molecule has 2 aromatic rings. The van der Waals surface area contributed by atoms with E-state index in [1.807, 2.05) is 24.3 Å². The van der Waals surface area contributed by atoms with Crippen molar-refractivity contribution in [2.24, 2.45) is 0 Å². The van der Waals surface area contributed by atoms with Crippen LogP contribution in [-0.2, 0) is 10.0 Å². The third-order valence-electron chi connectivity index (χ3n) is 3.11. The number of sulfonamides is 1. The zero-order valence-corrected chi connectivity index (χ0v) is 13.0. The van der Waals surface area contributed by atoms with E-state index in [1.165, 1.54) is 23.5 Å². The summed E-state index contributed by atoms with van der Waals surface area (Å²) in [5.41, 5.74) is 0.137. The molecule has 0 aliphatic carbocycles. The standard InChI is InChI=1S/C16H16N2O3S/c1-18(11-12-21-15-8-3-2-4-9-15)22(19,20)16-10-6-5-7-14(16)13-17/h2-10H,11-12H2,1H3. The summed E-state index contributed by atoms with van der Waals surface area (Å²) >= 11 is 0. The molecule has 5 nitrogen and oxygen atoms in total. The lowest BCUT2D eigenvalue weighted by atomic mass is 10.2. The summed E-state index contributed by atoms with van der Waals surface area (Å²) < 4.78 is 31.6. The monoisotopic (exact) mass is 316 g/mol. The Morgan fingerprint density at radius 3 is 2.41 bits per heavy atom. The molecule has 0 spiro atoms. The molecule has 0 unspecified atom stereocenters. The van der Waals surface area contributed by atoms with Crippen LogP contribution in [0.2, 0.25) is 0 Å². The molecule has 0 atom stereocenters. The highest BCUT2D eigenvalue weighted by Gasteiger charge is 2.23. The molecule has 0 radical (unpaired) electrons. The number of ether oxygens (including phenoxy) is 1. The Bertz CT molecular complexity index is 767. The molecule has 22 heavy (non-hydrogen) atoms. The SMILES string of the molecule is CN(CCOc1ccccc1)S(=O)(=O)c1ccccc1C#N. The molecule has 0 aromatic heterocycles. The van der Waals surface area contributed by atoms with Gasteiger partial charge < -0.3 is 4.74 Å². The first-order valence-corrected chi connectivity index (χ1v) is 8.13. The predicted molar refractivity (Wildman–Crippen MR) is 82.9 cm³/mol. The molecule has 0 bridgehead atoms. The zero-order valence-electron chi connectivity index (χ0n) is 12.1.